The van der Waals surface area contributed by atoms with E-state index in [1.165, 1.54) is 16.7 Å². The quantitative estimate of drug-likeness (QED) is 0.652. The van der Waals surface area contributed by atoms with E-state index in [0.717, 1.165) is 17.8 Å². The molecule has 0 fully saturated rings. The summed E-state index contributed by atoms with van der Waals surface area (Å²) in [5.74, 6) is 0. The fourth-order valence-electron chi connectivity index (χ4n) is 2.05. The molecule has 0 aromatic heterocycles. The van der Waals surface area contributed by atoms with Crippen LogP contribution in [0.25, 0.3) is 5.57 Å². The Morgan fingerprint density at radius 2 is 2.14 bits per heavy atom. The van der Waals surface area contributed by atoms with Gasteiger partial charge >= 0.3 is 0 Å². The second kappa shape index (κ2) is 2.58. The molecule has 1 heterocycles. The van der Waals surface area contributed by atoms with Crippen LogP contribution in [0.5, 0.6) is 0 Å². The minimum absolute atomic E-state index is 0.933. The molecule has 68 valence electrons. The third kappa shape index (κ3) is 0.880. The molecule has 1 aliphatic carbocycles. The van der Waals surface area contributed by atoms with Crippen molar-refractivity contribution in [3.05, 3.63) is 53.4 Å². The summed E-state index contributed by atoms with van der Waals surface area (Å²) in [5, 5.41) is 3.05. The molecule has 0 unspecified atom stereocenters. The van der Waals surface area contributed by atoms with Crippen molar-refractivity contribution in [1.29, 1.82) is 0 Å². The number of nitrogens with zero attached hydrogens (tertiary/aromatic N) is 1. The van der Waals surface area contributed by atoms with Gasteiger partial charge < -0.3 is 5.32 Å². The number of hydrogen-bond donors (Lipinski definition) is 1. The van der Waals surface area contributed by atoms with Crippen LogP contribution in [0, 0.1) is 0 Å². The monoisotopic (exact) mass is 182 g/mol. The smallest absolute Gasteiger partial charge is 0.0926 e. The van der Waals surface area contributed by atoms with Gasteiger partial charge in [-0.2, -0.15) is 0 Å². The zero-order valence-corrected chi connectivity index (χ0v) is 7.75. The minimum Gasteiger partial charge on any atom is -0.346 e. The van der Waals surface area contributed by atoms with Crippen LogP contribution in [0.1, 0.15) is 11.1 Å². The number of rotatable bonds is 0. The number of benzene rings is 1. The molecule has 3 rings (SSSR count). The molecule has 1 aromatic rings. The van der Waals surface area contributed by atoms with E-state index in [2.05, 4.69) is 41.2 Å². The van der Waals surface area contributed by atoms with Crippen LogP contribution < -0.4 is 5.32 Å². The molecule has 0 atom stereocenters. The summed E-state index contributed by atoms with van der Waals surface area (Å²) < 4.78 is 0. The average Bonchev–Trinajstić information content (AvgIpc) is 2.57. The molecule has 1 aromatic carbocycles. The molecule has 2 heteroatoms. The first kappa shape index (κ1) is 7.56. The van der Waals surface area contributed by atoms with Crippen molar-refractivity contribution in [2.45, 2.75) is 6.42 Å². The SMILES string of the molecule is C=C1NC=NC2=C1c1ccccc1C2. The standard InChI is InChI=1S/C12H10N2/c1-8-12-10-5-3-2-4-9(10)6-11(12)14-7-13-8/h2-5,7H,1,6H2,(H,13,14). The Kier molecular flexibility index (Phi) is 1.39. The van der Waals surface area contributed by atoms with Gasteiger partial charge in [-0.3, -0.25) is 0 Å². The fraction of sp³-hybridized carbons (Fsp3) is 0.0833. The van der Waals surface area contributed by atoms with E-state index in [1.807, 2.05) is 0 Å². The van der Waals surface area contributed by atoms with E-state index in [1.54, 1.807) is 6.34 Å². The van der Waals surface area contributed by atoms with E-state index in [9.17, 15) is 0 Å². The predicted molar refractivity (Wildman–Crippen MR) is 57.8 cm³/mol. The van der Waals surface area contributed by atoms with Gasteiger partial charge in [-0.15, -0.1) is 0 Å². The molecular formula is C12H10N2. The second-order valence-corrected chi connectivity index (χ2v) is 3.54. The first-order valence-corrected chi connectivity index (χ1v) is 4.66. The Bertz CT molecular complexity index is 481. The van der Waals surface area contributed by atoms with Crippen LogP contribution in [0.3, 0.4) is 0 Å². The van der Waals surface area contributed by atoms with E-state index in [0.29, 0.717) is 0 Å². The van der Waals surface area contributed by atoms with Gasteiger partial charge in [-0.05, 0) is 11.1 Å². The normalized spacial score (nSPS) is 17.9. The Morgan fingerprint density at radius 3 is 3.07 bits per heavy atom. The van der Waals surface area contributed by atoms with Crippen molar-refractivity contribution in [2.24, 2.45) is 4.99 Å². The topological polar surface area (TPSA) is 24.4 Å². The van der Waals surface area contributed by atoms with Gasteiger partial charge in [0.1, 0.15) is 0 Å². The van der Waals surface area contributed by atoms with Gasteiger partial charge in [0, 0.05) is 17.7 Å². The van der Waals surface area contributed by atoms with Crippen molar-refractivity contribution in [2.75, 3.05) is 0 Å². The molecule has 0 spiro atoms. The lowest BCUT2D eigenvalue weighted by molar-refractivity contribution is 1.10. The van der Waals surface area contributed by atoms with Gasteiger partial charge in [0.2, 0.25) is 0 Å². The average molecular weight is 182 g/mol. The summed E-state index contributed by atoms with van der Waals surface area (Å²) in [6.07, 6.45) is 2.65. The van der Waals surface area contributed by atoms with Gasteiger partial charge in [0.15, 0.2) is 0 Å². The third-order valence-corrected chi connectivity index (χ3v) is 2.69. The van der Waals surface area contributed by atoms with Gasteiger partial charge in [0.05, 0.1) is 12.0 Å². The van der Waals surface area contributed by atoms with E-state index >= 15 is 0 Å². The van der Waals surface area contributed by atoms with Crippen molar-refractivity contribution < 1.29 is 0 Å². The molecular weight excluding hydrogens is 172 g/mol. The highest BCUT2D eigenvalue weighted by atomic mass is 15.0. The van der Waals surface area contributed by atoms with Crippen LogP contribution in [-0.4, -0.2) is 6.34 Å². The van der Waals surface area contributed by atoms with Crippen molar-refractivity contribution in [3.8, 4) is 0 Å². The van der Waals surface area contributed by atoms with Crippen LogP contribution in [0.2, 0.25) is 0 Å². The Morgan fingerprint density at radius 1 is 1.29 bits per heavy atom. The number of aliphatic imine (C=N–C) groups is 1. The van der Waals surface area contributed by atoms with Crippen LogP contribution >= 0.6 is 0 Å². The molecule has 0 radical (unpaired) electrons. The lowest BCUT2D eigenvalue weighted by atomic mass is 10.0. The second-order valence-electron chi connectivity index (χ2n) is 3.54. The predicted octanol–water partition coefficient (Wildman–Crippen LogP) is 2.10. The summed E-state index contributed by atoms with van der Waals surface area (Å²) in [5.41, 5.74) is 5.90. The lowest BCUT2D eigenvalue weighted by Gasteiger charge is -2.13. The summed E-state index contributed by atoms with van der Waals surface area (Å²) in [7, 11) is 0. The van der Waals surface area contributed by atoms with Gasteiger partial charge in [-0.25, -0.2) is 4.99 Å². The van der Waals surface area contributed by atoms with Crippen LogP contribution in [-0.2, 0) is 6.42 Å². The van der Waals surface area contributed by atoms with Gasteiger partial charge in [-0.1, -0.05) is 30.8 Å². The lowest BCUT2D eigenvalue weighted by Crippen LogP contribution is -2.14. The van der Waals surface area contributed by atoms with Crippen molar-refractivity contribution >= 4 is 11.9 Å². The molecule has 2 nitrogen and oxygen atoms in total. The molecule has 0 saturated heterocycles. The van der Waals surface area contributed by atoms with Gasteiger partial charge in [0.25, 0.3) is 0 Å². The zero-order chi connectivity index (χ0) is 9.54. The maximum atomic E-state index is 4.34. The third-order valence-electron chi connectivity index (χ3n) is 2.69. The van der Waals surface area contributed by atoms with Crippen molar-refractivity contribution in [3.63, 3.8) is 0 Å². The maximum Gasteiger partial charge on any atom is 0.0926 e. The number of allylic oxidation sites excluding steroid dienone is 2. The largest absolute Gasteiger partial charge is 0.346 e. The van der Waals surface area contributed by atoms with E-state index < -0.39 is 0 Å². The first-order chi connectivity index (χ1) is 6.86. The van der Waals surface area contributed by atoms with Crippen molar-refractivity contribution in [1.82, 2.24) is 5.32 Å². The number of hydrogen-bond acceptors (Lipinski definition) is 2. The summed E-state index contributed by atoms with van der Waals surface area (Å²) >= 11 is 0. The molecule has 14 heavy (non-hydrogen) atoms. The molecule has 2 aliphatic rings. The molecule has 0 bridgehead atoms. The summed E-state index contributed by atoms with van der Waals surface area (Å²) in [4.78, 5) is 4.34. The first-order valence-electron chi connectivity index (χ1n) is 4.66. The minimum atomic E-state index is 0.933. The Balaban J connectivity index is 2.24. The summed E-state index contributed by atoms with van der Waals surface area (Å²) in [6.45, 7) is 4.00. The molecule has 1 N–H and O–H groups in total. The fourth-order valence-corrected chi connectivity index (χ4v) is 2.05. The summed E-state index contributed by atoms with van der Waals surface area (Å²) in [6, 6.07) is 8.40. The zero-order valence-electron chi connectivity index (χ0n) is 7.75. The number of fused-ring (bicyclic) bond motifs is 2. The van der Waals surface area contributed by atoms with Crippen LogP contribution in [0.4, 0.5) is 0 Å². The Hall–Kier alpha value is -1.83. The molecule has 0 saturated carbocycles. The molecule has 1 aliphatic heterocycles. The van der Waals surface area contributed by atoms with E-state index in [-0.39, 0.29) is 0 Å². The Labute approximate surface area is 82.7 Å². The van der Waals surface area contributed by atoms with E-state index in [4.69, 9.17) is 0 Å². The highest BCUT2D eigenvalue weighted by molar-refractivity contribution is 5.90. The molecule has 0 amide bonds. The van der Waals surface area contributed by atoms with Crippen LogP contribution in [0.15, 0.2) is 47.2 Å². The highest BCUT2D eigenvalue weighted by Crippen LogP contribution is 2.37. The number of nitrogens with one attached hydrogen (secondary N) is 1. The highest BCUT2D eigenvalue weighted by Gasteiger charge is 2.24. The maximum absolute atomic E-state index is 4.34.